The average molecular weight is 1250 g/mol. The van der Waals surface area contributed by atoms with Crippen LogP contribution in [0.25, 0.3) is 0 Å². The Kier molecular flexibility index (Phi) is 31.0. The van der Waals surface area contributed by atoms with Crippen molar-refractivity contribution in [1.82, 2.24) is 41.0 Å². The number of carboxylic acids is 1. The molecule has 5 rings (SSSR count). The fraction of sp³-hybridized carbons (Fsp3) is 0.719. The molecule has 2 aromatic rings. The van der Waals surface area contributed by atoms with Gasteiger partial charge in [-0.25, -0.2) is 9.78 Å². The molecule has 1 aromatic carbocycles. The van der Waals surface area contributed by atoms with E-state index < -0.39 is 54.0 Å². The highest BCUT2D eigenvalue weighted by Crippen LogP contribution is 2.35. The number of likely N-dealkylation sites (tertiary alicyclic amines) is 2. The van der Waals surface area contributed by atoms with Crippen molar-refractivity contribution in [2.45, 2.75) is 236 Å². The van der Waals surface area contributed by atoms with Gasteiger partial charge >= 0.3 is 12.0 Å². The Labute approximate surface area is 524 Å². The van der Waals surface area contributed by atoms with Crippen molar-refractivity contribution in [3.63, 3.8) is 0 Å². The molecule has 2 unspecified atom stereocenters. The summed E-state index contributed by atoms with van der Waals surface area (Å²) in [6, 6.07) is 3.28. The predicted molar refractivity (Wildman–Crippen MR) is 341 cm³/mol. The molecule has 21 nitrogen and oxygen atoms in total. The summed E-state index contributed by atoms with van der Waals surface area (Å²) in [6.45, 7) is 10.9. The van der Waals surface area contributed by atoms with Gasteiger partial charge in [-0.3, -0.25) is 48.2 Å². The average Bonchev–Trinajstić information content (AvgIpc) is 3.11. The number of aliphatic carboxylic acids is 1. The number of imide groups is 1. The van der Waals surface area contributed by atoms with Crippen LogP contribution in [0.3, 0.4) is 0 Å². The molecular weight excluding hydrogens is 1150 g/mol. The predicted octanol–water partition coefficient (Wildman–Crippen LogP) is 8.75. The lowest BCUT2D eigenvalue weighted by Gasteiger charge is -2.38. The van der Waals surface area contributed by atoms with E-state index in [1.54, 1.807) is 67.4 Å². The number of benzene rings is 1. The summed E-state index contributed by atoms with van der Waals surface area (Å²) in [7, 11) is 5.26. The molecule has 1 aliphatic carbocycles. The van der Waals surface area contributed by atoms with Gasteiger partial charge < -0.3 is 47.1 Å². The molecule has 1 aromatic heterocycles. The lowest BCUT2D eigenvalue weighted by Crippen LogP contribution is -2.58. The summed E-state index contributed by atoms with van der Waals surface area (Å²) in [5.74, 6) is -3.82. The molecule has 3 fully saturated rings. The number of nitrogens with two attached hydrogens (primary N) is 1. The molecule has 486 valence electrons. The number of primary amides is 1. The molecule has 3 aliphatic rings. The van der Waals surface area contributed by atoms with Crippen molar-refractivity contribution in [2.24, 2.45) is 23.5 Å². The smallest absolute Gasteiger partial charge is 0.312 e. The second-order valence-electron chi connectivity index (χ2n) is 24.8. The molecule has 9 atom stereocenters. The van der Waals surface area contributed by atoms with Crippen LogP contribution in [0.5, 0.6) is 0 Å². The monoisotopic (exact) mass is 1250 g/mol. The van der Waals surface area contributed by atoms with Crippen LogP contribution >= 0.6 is 23.1 Å². The third-order valence-corrected chi connectivity index (χ3v) is 20.1. The second kappa shape index (κ2) is 37.4. The Bertz CT molecular complexity index is 2540. The van der Waals surface area contributed by atoms with Crippen molar-refractivity contribution in [3.8, 4) is 0 Å². The summed E-state index contributed by atoms with van der Waals surface area (Å²) in [6.07, 6.45) is 18.1. The highest BCUT2D eigenvalue weighted by molar-refractivity contribution is 8.01. The molecule has 23 heteroatoms. The fourth-order valence-electron chi connectivity index (χ4n) is 12.0. The van der Waals surface area contributed by atoms with Gasteiger partial charge in [-0.2, -0.15) is 0 Å². The largest absolute Gasteiger partial charge is 0.481 e. The molecule has 8 N–H and O–H groups in total. The van der Waals surface area contributed by atoms with Crippen molar-refractivity contribution < 1.29 is 53.0 Å². The molecule has 3 heterocycles. The van der Waals surface area contributed by atoms with E-state index in [1.807, 2.05) is 34.7 Å². The van der Waals surface area contributed by atoms with Crippen LogP contribution in [0.2, 0.25) is 0 Å². The van der Waals surface area contributed by atoms with E-state index in [9.17, 15) is 48.3 Å². The quantitative estimate of drug-likeness (QED) is 0.0260. The maximum atomic E-state index is 14.3. The van der Waals surface area contributed by atoms with Gasteiger partial charge in [0.15, 0.2) is 0 Å². The first kappa shape index (κ1) is 72.1. The van der Waals surface area contributed by atoms with Crippen LogP contribution in [-0.4, -0.2) is 160 Å². The number of nitrogens with zero attached hydrogens (tertiary/aromatic N) is 4. The summed E-state index contributed by atoms with van der Waals surface area (Å²) in [5, 5.41) is 26.5. The normalized spacial score (nSPS) is 19.8. The zero-order valence-corrected chi connectivity index (χ0v) is 54.7. The topological polar surface area (TPSA) is 292 Å². The molecule has 2 saturated heterocycles. The molecule has 0 radical (unpaired) electrons. The van der Waals surface area contributed by atoms with E-state index in [2.05, 4.69) is 31.5 Å². The second-order valence-corrected chi connectivity index (χ2v) is 27.2. The van der Waals surface area contributed by atoms with Crippen molar-refractivity contribution >= 4 is 82.1 Å². The Morgan fingerprint density at radius 3 is 2.15 bits per heavy atom. The van der Waals surface area contributed by atoms with Crippen LogP contribution < -0.4 is 32.3 Å². The third-order valence-electron chi connectivity index (χ3n) is 17.6. The fourth-order valence-corrected chi connectivity index (χ4v) is 14.4. The SMILES string of the molecule is CC[C@H](C)[C@H](NC(=O)[C@H]1CCCCN1C)C(=O)N(C)[C@H](C[C@@H](OC)c1nc(C(=O)N[C@@H](Cc2ccc(NC(=O)[C@H](CCCNC(N)=O)NC(=O)CCCCCN3C(=O)CC(SC4CCCCCCCCCC4)C3=O)cc2)CC(C)C(=O)O)cs1)C(C)C. The molecule has 2 aliphatic heterocycles. The van der Waals surface area contributed by atoms with Crippen LogP contribution in [0.1, 0.15) is 209 Å². The summed E-state index contributed by atoms with van der Waals surface area (Å²) < 4.78 is 5.98. The number of urea groups is 1. The highest BCUT2D eigenvalue weighted by Gasteiger charge is 2.40. The molecule has 0 spiro atoms. The van der Waals surface area contributed by atoms with E-state index in [0.29, 0.717) is 61.0 Å². The van der Waals surface area contributed by atoms with Gasteiger partial charge in [0.05, 0.1) is 17.2 Å². The number of methoxy groups -OCH3 is 1. The lowest BCUT2D eigenvalue weighted by molar-refractivity contribution is -0.142. The molecular formula is C64H102N10O11S2. The number of amides is 9. The number of carboxylic acid groups (broad SMARTS) is 1. The summed E-state index contributed by atoms with van der Waals surface area (Å²) in [4.78, 5) is 129. The number of likely N-dealkylation sites (N-methyl/N-ethyl adjacent to an activating group) is 2. The Hall–Kier alpha value is -5.65. The number of carbonyl (C=O) groups is 9. The standard InChI is InChI=1S/C64H102N10O11S2/c1-9-42(4)56(71-59(79)50-27-20-22-34-72(50)6)62(81)73(7)51(41(2)3)38-52(85-8)60-70-49(40-86-60)58(78)68-46(36-43(5)63(82)83)37-44-29-31-45(32-30-44)67-57(77)48(26-23-33-66-64(65)84)69-54(75)28-19-16-21-35-74-55(76)39-53(61(74)80)87-47-24-17-14-12-10-11-13-15-18-25-47/h29-32,40-43,46-48,50-53,56H,9-28,33-39H2,1-8H3,(H,67,77)(H,68,78)(H,69,75)(H,71,79)(H,82,83)(H3,65,66,84)/t42-,43?,46+,48-,50+,51+,52+,53?,56-/m0/s1. The number of thioether (sulfide) groups is 1. The van der Waals surface area contributed by atoms with Gasteiger partial charge in [-0.15, -0.1) is 23.1 Å². The van der Waals surface area contributed by atoms with E-state index in [-0.39, 0.29) is 103 Å². The van der Waals surface area contributed by atoms with Crippen molar-refractivity contribution in [3.05, 3.63) is 45.9 Å². The van der Waals surface area contributed by atoms with Gasteiger partial charge in [0.25, 0.3) is 5.91 Å². The minimum atomic E-state index is -1.02. The highest BCUT2D eigenvalue weighted by atomic mass is 32.2. The summed E-state index contributed by atoms with van der Waals surface area (Å²) >= 11 is 2.95. The number of anilines is 1. The maximum absolute atomic E-state index is 14.3. The third kappa shape index (κ3) is 23.7. The van der Waals surface area contributed by atoms with Gasteiger partial charge in [0.1, 0.15) is 28.9 Å². The zero-order chi connectivity index (χ0) is 63.6. The minimum absolute atomic E-state index is 0.00634. The number of hydrogen-bond acceptors (Lipinski definition) is 14. The first-order valence-electron chi connectivity index (χ1n) is 32.1. The minimum Gasteiger partial charge on any atom is -0.481 e. The van der Waals surface area contributed by atoms with Gasteiger partial charge in [0.2, 0.25) is 35.4 Å². The maximum Gasteiger partial charge on any atom is 0.312 e. The number of ether oxygens (including phenoxy) is 1. The number of nitrogens with one attached hydrogen (secondary N) is 5. The Balaban J connectivity index is 1.15. The molecule has 9 amide bonds. The number of unbranched alkanes of at least 4 members (excludes halogenated alkanes) is 2. The molecule has 1 saturated carbocycles. The van der Waals surface area contributed by atoms with Gasteiger partial charge in [-0.05, 0) is 107 Å². The Morgan fingerprint density at radius 1 is 0.862 bits per heavy atom. The number of carbonyl (C=O) groups excluding carboxylic acids is 8. The van der Waals surface area contributed by atoms with Gasteiger partial charge in [0, 0.05) is 74.9 Å². The van der Waals surface area contributed by atoms with Gasteiger partial charge in [-0.1, -0.05) is 117 Å². The van der Waals surface area contributed by atoms with Crippen LogP contribution in [-0.2, 0) is 44.7 Å². The summed E-state index contributed by atoms with van der Waals surface area (Å²) in [5.41, 5.74) is 6.57. The van der Waals surface area contributed by atoms with Crippen LogP contribution in [0.4, 0.5) is 10.5 Å². The molecule has 0 bridgehead atoms. The number of aromatic nitrogens is 1. The van der Waals surface area contributed by atoms with E-state index in [1.165, 1.54) is 54.8 Å². The number of rotatable bonds is 33. The number of hydrogen-bond donors (Lipinski definition) is 7. The lowest BCUT2D eigenvalue weighted by atomic mass is 9.92. The first-order valence-corrected chi connectivity index (χ1v) is 33.9. The van der Waals surface area contributed by atoms with Crippen molar-refractivity contribution in [2.75, 3.05) is 46.2 Å². The number of thiazole rings is 1. The van der Waals surface area contributed by atoms with E-state index in [4.69, 9.17) is 15.5 Å². The first-order chi connectivity index (χ1) is 41.6. The molecule has 87 heavy (non-hydrogen) atoms. The van der Waals surface area contributed by atoms with Crippen molar-refractivity contribution in [1.29, 1.82) is 0 Å². The van der Waals surface area contributed by atoms with E-state index in [0.717, 1.165) is 57.1 Å². The van der Waals surface area contributed by atoms with Crippen LogP contribution in [0.15, 0.2) is 29.6 Å². The van der Waals surface area contributed by atoms with E-state index >= 15 is 0 Å². The van der Waals surface area contributed by atoms with Crippen LogP contribution in [0, 0.1) is 17.8 Å². The zero-order valence-electron chi connectivity index (χ0n) is 53.0. The Morgan fingerprint density at radius 2 is 1.53 bits per heavy atom. The number of piperidine rings is 1.